The second kappa shape index (κ2) is 5.28. The number of benzene rings is 1. The smallest absolute Gasteiger partial charge is 0.243 e. The number of nitrogens with zero attached hydrogens (tertiary/aromatic N) is 2. The average Bonchev–Trinajstić information content (AvgIpc) is 3.01. The van der Waals surface area contributed by atoms with E-state index in [-0.39, 0.29) is 23.9 Å². The summed E-state index contributed by atoms with van der Waals surface area (Å²) in [6.07, 6.45) is 0.760. The molecule has 2 bridgehead atoms. The van der Waals surface area contributed by atoms with Crippen molar-refractivity contribution in [3.05, 3.63) is 29.8 Å². The molecule has 3 aliphatic rings. The number of amides is 2. The number of hydrogen-bond donors (Lipinski definition) is 1. The van der Waals surface area contributed by atoms with Gasteiger partial charge in [0.15, 0.2) is 0 Å². The van der Waals surface area contributed by atoms with Crippen molar-refractivity contribution < 1.29 is 14.3 Å². The highest BCUT2D eigenvalue weighted by Crippen LogP contribution is 2.26. The summed E-state index contributed by atoms with van der Waals surface area (Å²) in [4.78, 5) is 28.1. The van der Waals surface area contributed by atoms with Crippen LogP contribution in [0.15, 0.2) is 24.3 Å². The molecule has 0 unspecified atom stereocenters. The predicted octanol–water partition coefficient (Wildman–Crippen LogP) is -0.0197. The minimum Gasteiger partial charge on any atom is -0.492 e. The van der Waals surface area contributed by atoms with Gasteiger partial charge < -0.3 is 15.0 Å². The Balaban J connectivity index is 1.43. The van der Waals surface area contributed by atoms with E-state index >= 15 is 0 Å². The van der Waals surface area contributed by atoms with Crippen molar-refractivity contribution in [1.29, 1.82) is 0 Å². The lowest BCUT2D eigenvalue weighted by molar-refractivity contribution is -0.140. The first-order valence-electron chi connectivity index (χ1n) is 7.73. The van der Waals surface area contributed by atoms with Gasteiger partial charge in [0, 0.05) is 31.2 Å². The van der Waals surface area contributed by atoms with Crippen molar-refractivity contribution in [2.24, 2.45) is 0 Å². The highest BCUT2D eigenvalue weighted by atomic mass is 16.5. The van der Waals surface area contributed by atoms with E-state index in [4.69, 9.17) is 4.74 Å². The molecule has 3 aliphatic heterocycles. The zero-order valence-corrected chi connectivity index (χ0v) is 12.3. The van der Waals surface area contributed by atoms with E-state index in [1.54, 1.807) is 4.90 Å². The van der Waals surface area contributed by atoms with Crippen molar-refractivity contribution >= 4 is 11.8 Å². The number of piperazine rings is 1. The Labute approximate surface area is 129 Å². The molecule has 6 nitrogen and oxygen atoms in total. The molecule has 1 aromatic rings. The lowest BCUT2D eigenvalue weighted by atomic mass is 10.2. The van der Waals surface area contributed by atoms with Crippen molar-refractivity contribution in [1.82, 2.24) is 15.1 Å². The van der Waals surface area contributed by atoms with Crippen LogP contribution in [0.2, 0.25) is 0 Å². The average molecular weight is 301 g/mol. The first-order valence-corrected chi connectivity index (χ1v) is 7.73. The quantitative estimate of drug-likeness (QED) is 0.834. The third kappa shape index (κ3) is 2.33. The fourth-order valence-electron chi connectivity index (χ4n) is 3.56. The fraction of sp³-hybridized carbons (Fsp3) is 0.500. The van der Waals surface area contributed by atoms with Crippen LogP contribution in [0.5, 0.6) is 5.75 Å². The standard InChI is InChI=1S/C16H19N3O3/c20-15(19-9-12-7-13(19)16(21)17-12)10-18-5-6-22-14-4-2-1-3-11(14)8-18/h1-4,12-13H,5-10H2,(H,17,21)/t12-,13-/m0/s1. The van der Waals surface area contributed by atoms with Gasteiger partial charge in [-0.1, -0.05) is 18.2 Å². The summed E-state index contributed by atoms with van der Waals surface area (Å²) in [6, 6.07) is 7.83. The van der Waals surface area contributed by atoms with Gasteiger partial charge >= 0.3 is 0 Å². The Bertz CT molecular complexity index is 618. The monoisotopic (exact) mass is 301 g/mol. The minimum atomic E-state index is -0.256. The maximum absolute atomic E-state index is 12.5. The van der Waals surface area contributed by atoms with Gasteiger partial charge in [0.25, 0.3) is 0 Å². The van der Waals surface area contributed by atoms with E-state index in [1.165, 1.54) is 0 Å². The van der Waals surface area contributed by atoms with Crippen LogP contribution < -0.4 is 10.1 Å². The van der Waals surface area contributed by atoms with Crippen LogP contribution in [-0.2, 0) is 16.1 Å². The Morgan fingerprint density at radius 1 is 1.36 bits per heavy atom. The largest absolute Gasteiger partial charge is 0.492 e. The fourth-order valence-corrected chi connectivity index (χ4v) is 3.56. The van der Waals surface area contributed by atoms with E-state index in [0.717, 1.165) is 17.7 Å². The summed E-state index contributed by atoms with van der Waals surface area (Å²) in [5, 5.41) is 2.90. The number of para-hydroxylation sites is 1. The van der Waals surface area contributed by atoms with Crippen LogP contribution in [-0.4, -0.2) is 59.9 Å². The molecule has 0 aliphatic carbocycles. The minimum absolute atomic E-state index is 0.00542. The highest BCUT2D eigenvalue weighted by Gasteiger charge is 2.46. The number of hydrogen-bond acceptors (Lipinski definition) is 4. The van der Waals surface area contributed by atoms with E-state index in [1.807, 2.05) is 24.3 Å². The Kier molecular flexibility index (Phi) is 3.26. The molecule has 1 N–H and O–H groups in total. The number of ether oxygens (including phenoxy) is 1. The number of rotatable bonds is 2. The molecule has 2 fully saturated rings. The van der Waals surface area contributed by atoms with Crippen molar-refractivity contribution in [3.63, 3.8) is 0 Å². The summed E-state index contributed by atoms with van der Waals surface area (Å²) in [5.41, 5.74) is 1.11. The zero-order chi connectivity index (χ0) is 15.1. The molecule has 22 heavy (non-hydrogen) atoms. The number of nitrogens with one attached hydrogen (secondary N) is 1. The Hall–Kier alpha value is -2.08. The molecule has 4 rings (SSSR count). The molecule has 2 saturated heterocycles. The molecule has 2 amide bonds. The second-order valence-corrected chi connectivity index (χ2v) is 6.17. The molecule has 116 valence electrons. The van der Waals surface area contributed by atoms with Gasteiger partial charge in [-0.25, -0.2) is 0 Å². The topological polar surface area (TPSA) is 61.9 Å². The first-order chi connectivity index (χ1) is 10.7. The third-order valence-electron chi connectivity index (χ3n) is 4.66. The number of carbonyl (C=O) groups excluding carboxylic acids is 2. The molecule has 1 aromatic carbocycles. The van der Waals surface area contributed by atoms with Crippen LogP contribution in [0, 0.1) is 0 Å². The molecular weight excluding hydrogens is 282 g/mol. The number of likely N-dealkylation sites (tertiary alicyclic amines) is 1. The van der Waals surface area contributed by atoms with E-state index < -0.39 is 0 Å². The van der Waals surface area contributed by atoms with Crippen molar-refractivity contribution in [2.45, 2.75) is 25.0 Å². The molecule has 0 spiro atoms. The lowest BCUT2D eigenvalue weighted by Crippen LogP contribution is -2.52. The molecule has 2 atom stereocenters. The number of fused-ring (bicyclic) bond motifs is 3. The number of carbonyl (C=O) groups is 2. The van der Waals surface area contributed by atoms with Crippen LogP contribution in [0.25, 0.3) is 0 Å². The molecular formula is C16H19N3O3. The molecule has 3 heterocycles. The van der Waals surface area contributed by atoms with Crippen LogP contribution >= 0.6 is 0 Å². The van der Waals surface area contributed by atoms with Gasteiger partial charge in [-0.05, 0) is 12.5 Å². The van der Waals surface area contributed by atoms with E-state index in [0.29, 0.717) is 32.8 Å². The van der Waals surface area contributed by atoms with Gasteiger partial charge in [0.1, 0.15) is 18.4 Å². The van der Waals surface area contributed by atoms with Gasteiger partial charge in [-0.2, -0.15) is 0 Å². The van der Waals surface area contributed by atoms with Crippen LogP contribution in [0.1, 0.15) is 12.0 Å². The summed E-state index contributed by atoms with van der Waals surface area (Å²) < 4.78 is 5.72. The third-order valence-corrected chi connectivity index (χ3v) is 4.66. The van der Waals surface area contributed by atoms with Crippen molar-refractivity contribution in [3.8, 4) is 5.75 Å². The molecule has 6 heteroatoms. The summed E-state index contributed by atoms with van der Waals surface area (Å²) >= 11 is 0. The zero-order valence-electron chi connectivity index (χ0n) is 12.3. The molecule has 0 aromatic heterocycles. The molecule has 0 radical (unpaired) electrons. The van der Waals surface area contributed by atoms with Gasteiger partial charge in [-0.15, -0.1) is 0 Å². The summed E-state index contributed by atoms with van der Waals surface area (Å²) in [6.45, 7) is 2.99. The maximum atomic E-state index is 12.5. The highest BCUT2D eigenvalue weighted by molar-refractivity contribution is 5.91. The SMILES string of the molecule is O=C1N[C@H]2C[C@@H]1N(C(=O)CN1CCOc3ccccc3C1)C2. The Morgan fingerprint density at radius 3 is 3.05 bits per heavy atom. The Morgan fingerprint density at radius 2 is 2.23 bits per heavy atom. The van der Waals surface area contributed by atoms with Gasteiger partial charge in [0.2, 0.25) is 11.8 Å². The van der Waals surface area contributed by atoms with Crippen LogP contribution in [0.3, 0.4) is 0 Å². The van der Waals surface area contributed by atoms with E-state index in [9.17, 15) is 9.59 Å². The van der Waals surface area contributed by atoms with Crippen molar-refractivity contribution in [2.75, 3.05) is 26.2 Å². The predicted molar refractivity (Wildman–Crippen MR) is 79.3 cm³/mol. The van der Waals surface area contributed by atoms with E-state index in [2.05, 4.69) is 10.2 Å². The summed E-state index contributed by atoms with van der Waals surface area (Å²) in [5.74, 6) is 0.938. The lowest BCUT2D eigenvalue weighted by Gasteiger charge is -2.29. The normalized spacial score (nSPS) is 27.1. The van der Waals surface area contributed by atoms with Gasteiger partial charge in [0.05, 0.1) is 6.54 Å². The van der Waals surface area contributed by atoms with Gasteiger partial charge in [-0.3, -0.25) is 14.5 Å². The van der Waals surface area contributed by atoms with Crippen LogP contribution in [0.4, 0.5) is 0 Å². The summed E-state index contributed by atoms with van der Waals surface area (Å²) in [7, 11) is 0. The first kappa shape index (κ1) is 13.6. The maximum Gasteiger partial charge on any atom is 0.243 e. The second-order valence-electron chi connectivity index (χ2n) is 6.17. The molecule has 0 saturated carbocycles.